The molecule has 0 spiro atoms. The average molecular weight is 491 g/mol. The van der Waals surface area contributed by atoms with Crippen LogP contribution in [0.2, 0.25) is 5.02 Å². The third kappa shape index (κ3) is 4.18. The number of hydrogen-bond donors (Lipinski definition) is 1. The van der Waals surface area contributed by atoms with E-state index in [0.717, 1.165) is 6.42 Å². The first-order valence-corrected chi connectivity index (χ1v) is 9.63. The van der Waals surface area contributed by atoms with E-state index in [1.54, 1.807) is 18.3 Å². The number of amides is 1. The second kappa shape index (κ2) is 7.79. The number of hydrogen-bond acceptors (Lipinski definition) is 4. The molecule has 0 atom stereocenters. The van der Waals surface area contributed by atoms with Gasteiger partial charge in [0.05, 0.1) is 19.3 Å². The maximum atomic E-state index is 13.3. The highest BCUT2D eigenvalue weighted by molar-refractivity contribution is 14.1. The summed E-state index contributed by atoms with van der Waals surface area (Å²) >= 11 is 9.77. The number of halogens is 3. The molecule has 25 heavy (non-hydrogen) atoms. The lowest BCUT2D eigenvalue weighted by molar-refractivity contribution is 0.0948. The number of carbonyl (C=O) groups excluding carboxylic acids is 1. The van der Waals surface area contributed by atoms with E-state index in [0.29, 0.717) is 17.9 Å². The molecule has 2 aromatic heterocycles. The second-order valence-electron chi connectivity index (χ2n) is 5.25. The van der Waals surface area contributed by atoms with Crippen molar-refractivity contribution in [2.75, 3.05) is 6.54 Å². The van der Waals surface area contributed by atoms with Crippen LogP contribution in [0.1, 0.15) is 21.1 Å². The van der Waals surface area contributed by atoms with Crippen molar-refractivity contribution in [1.29, 1.82) is 0 Å². The van der Waals surface area contributed by atoms with Gasteiger partial charge in [-0.3, -0.25) is 4.79 Å². The fraction of sp³-hybridized carbons (Fsp3) is 0.188. The normalized spacial score (nSPS) is 10.9. The van der Waals surface area contributed by atoms with Crippen LogP contribution in [0.4, 0.5) is 4.39 Å². The first kappa shape index (κ1) is 18.3. The lowest BCUT2D eigenvalue weighted by Crippen LogP contribution is -2.26. The SMILES string of the molecule is Cc1c(C(=O)NCCc2ccc(I)s2)nnn1-c1ccc(F)c(Cl)c1. The molecule has 0 bridgehead atoms. The Bertz CT molecular complexity index is 927. The monoisotopic (exact) mass is 490 g/mol. The van der Waals surface area contributed by atoms with Crippen molar-refractivity contribution in [3.8, 4) is 5.69 Å². The standard InChI is InChI=1S/C16H13ClFIN4OS/c1-9-15(16(24)20-7-6-11-3-5-14(19)25-11)21-22-23(9)10-2-4-13(18)12(17)8-10/h2-5,8H,6-7H2,1H3,(H,20,24). The van der Waals surface area contributed by atoms with Gasteiger partial charge in [-0.1, -0.05) is 16.8 Å². The van der Waals surface area contributed by atoms with E-state index in [2.05, 4.69) is 44.3 Å². The number of aromatic nitrogens is 3. The average Bonchev–Trinajstić information content (AvgIpc) is 3.16. The van der Waals surface area contributed by atoms with Crippen molar-refractivity contribution in [3.05, 3.63) is 60.3 Å². The molecule has 1 N–H and O–H groups in total. The van der Waals surface area contributed by atoms with Gasteiger partial charge in [-0.2, -0.15) is 0 Å². The zero-order valence-electron chi connectivity index (χ0n) is 13.1. The van der Waals surface area contributed by atoms with E-state index < -0.39 is 5.82 Å². The summed E-state index contributed by atoms with van der Waals surface area (Å²) < 4.78 is 16.0. The molecule has 0 fully saturated rings. The molecular formula is C16H13ClFIN4OS. The molecule has 2 heterocycles. The van der Waals surface area contributed by atoms with Crippen molar-refractivity contribution in [2.24, 2.45) is 0 Å². The third-order valence-corrected chi connectivity index (χ3v) is 5.79. The Kier molecular flexibility index (Phi) is 5.70. The van der Waals surface area contributed by atoms with Gasteiger partial charge in [0.15, 0.2) is 5.69 Å². The number of thiophene rings is 1. The van der Waals surface area contributed by atoms with Crippen LogP contribution in [-0.4, -0.2) is 27.4 Å². The molecule has 130 valence electrons. The maximum absolute atomic E-state index is 13.3. The molecule has 3 rings (SSSR count). The Morgan fingerprint density at radius 3 is 2.88 bits per heavy atom. The van der Waals surface area contributed by atoms with Crippen LogP contribution >= 0.6 is 45.5 Å². The number of nitrogens with zero attached hydrogens (tertiary/aromatic N) is 3. The Hall–Kier alpha value is -1.52. The molecule has 0 radical (unpaired) electrons. The molecule has 1 amide bonds. The van der Waals surface area contributed by atoms with Gasteiger partial charge in [0.2, 0.25) is 0 Å². The van der Waals surface area contributed by atoms with Gasteiger partial charge in [-0.25, -0.2) is 9.07 Å². The van der Waals surface area contributed by atoms with Crippen molar-refractivity contribution in [3.63, 3.8) is 0 Å². The van der Waals surface area contributed by atoms with E-state index >= 15 is 0 Å². The fourth-order valence-electron chi connectivity index (χ4n) is 2.27. The van der Waals surface area contributed by atoms with Crippen LogP contribution < -0.4 is 5.32 Å². The minimum Gasteiger partial charge on any atom is -0.350 e. The quantitative estimate of drug-likeness (QED) is 0.550. The summed E-state index contributed by atoms with van der Waals surface area (Å²) in [6.45, 7) is 2.25. The molecular weight excluding hydrogens is 478 g/mol. The van der Waals surface area contributed by atoms with Crippen molar-refractivity contribution in [1.82, 2.24) is 20.3 Å². The van der Waals surface area contributed by atoms with Crippen LogP contribution in [0.3, 0.4) is 0 Å². The Labute approximate surface area is 166 Å². The summed E-state index contributed by atoms with van der Waals surface area (Å²) in [4.78, 5) is 13.5. The maximum Gasteiger partial charge on any atom is 0.273 e. The zero-order chi connectivity index (χ0) is 18.0. The Balaban J connectivity index is 1.69. The summed E-state index contributed by atoms with van der Waals surface area (Å²) in [6.07, 6.45) is 0.764. The van der Waals surface area contributed by atoms with Gasteiger partial charge < -0.3 is 5.32 Å². The highest BCUT2D eigenvalue weighted by Crippen LogP contribution is 2.20. The molecule has 0 saturated heterocycles. The highest BCUT2D eigenvalue weighted by Gasteiger charge is 2.17. The molecule has 3 aromatic rings. The summed E-state index contributed by atoms with van der Waals surface area (Å²) in [6, 6.07) is 8.33. The lowest BCUT2D eigenvalue weighted by atomic mass is 10.2. The minimum atomic E-state index is -0.510. The van der Waals surface area contributed by atoms with Gasteiger partial charge in [0.1, 0.15) is 5.82 Å². The first-order valence-electron chi connectivity index (χ1n) is 7.36. The first-order chi connectivity index (χ1) is 12.0. The third-order valence-electron chi connectivity index (χ3n) is 3.54. The summed E-state index contributed by atoms with van der Waals surface area (Å²) in [5, 5.41) is 10.7. The molecule has 0 aliphatic heterocycles. The van der Waals surface area contributed by atoms with Gasteiger partial charge in [0, 0.05) is 11.4 Å². The minimum absolute atomic E-state index is 0.0102. The van der Waals surface area contributed by atoms with Gasteiger partial charge in [0.25, 0.3) is 5.91 Å². The number of rotatable bonds is 5. The van der Waals surface area contributed by atoms with Crippen molar-refractivity contribution < 1.29 is 9.18 Å². The van der Waals surface area contributed by atoms with Crippen LogP contribution in [0, 0.1) is 15.6 Å². The van der Waals surface area contributed by atoms with E-state index in [-0.39, 0.29) is 16.6 Å². The van der Waals surface area contributed by atoms with Crippen LogP contribution in [0.25, 0.3) is 5.69 Å². The van der Waals surface area contributed by atoms with E-state index in [1.807, 2.05) is 6.07 Å². The molecule has 0 saturated carbocycles. The smallest absolute Gasteiger partial charge is 0.273 e. The van der Waals surface area contributed by atoms with E-state index in [1.165, 1.54) is 30.6 Å². The van der Waals surface area contributed by atoms with E-state index in [9.17, 15) is 9.18 Å². The van der Waals surface area contributed by atoms with Crippen LogP contribution in [0.15, 0.2) is 30.3 Å². The highest BCUT2D eigenvalue weighted by atomic mass is 127. The van der Waals surface area contributed by atoms with Gasteiger partial charge >= 0.3 is 0 Å². The van der Waals surface area contributed by atoms with Crippen molar-refractivity contribution in [2.45, 2.75) is 13.3 Å². The molecule has 0 aliphatic carbocycles. The number of benzene rings is 1. The Morgan fingerprint density at radius 2 is 2.20 bits per heavy atom. The van der Waals surface area contributed by atoms with Gasteiger partial charge in [-0.05, 0) is 66.3 Å². The fourth-order valence-corrected chi connectivity index (χ4v) is 4.20. The largest absolute Gasteiger partial charge is 0.350 e. The molecule has 0 aliphatic rings. The second-order valence-corrected chi connectivity index (χ2v) is 8.72. The molecule has 9 heteroatoms. The number of carbonyl (C=O) groups is 1. The van der Waals surface area contributed by atoms with E-state index in [4.69, 9.17) is 11.6 Å². The predicted octanol–water partition coefficient (Wildman–Crippen LogP) is 4.01. The topological polar surface area (TPSA) is 59.8 Å². The Morgan fingerprint density at radius 1 is 1.40 bits per heavy atom. The lowest BCUT2D eigenvalue weighted by Gasteiger charge is -2.05. The summed E-state index contributed by atoms with van der Waals surface area (Å²) in [5.41, 5.74) is 1.34. The predicted molar refractivity (Wildman–Crippen MR) is 104 cm³/mol. The van der Waals surface area contributed by atoms with Crippen molar-refractivity contribution >= 4 is 51.4 Å². The van der Waals surface area contributed by atoms with Crippen LogP contribution in [0.5, 0.6) is 0 Å². The summed E-state index contributed by atoms with van der Waals surface area (Å²) in [5.74, 6) is -0.799. The number of nitrogens with one attached hydrogen (secondary N) is 1. The zero-order valence-corrected chi connectivity index (χ0v) is 16.8. The molecule has 1 aromatic carbocycles. The van der Waals surface area contributed by atoms with Gasteiger partial charge in [-0.15, -0.1) is 16.4 Å². The summed E-state index contributed by atoms with van der Waals surface area (Å²) in [7, 11) is 0. The molecule has 5 nitrogen and oxygen atoms in total. The van der Waals surface area contributed by atoms with Crippen LogP contribution in [-0.2, 0) is 6.42 Å². The molecule has 0 unspecified atom stereocenters.